The Labute approximate surface area is 138 Å². The highest BCUT2D eigenvalue weighted by Crippen LogP contribution is 2.32. The Kier molecular flexibility index (Phi) is 4.21. The normalized spacial score (nSPS) is 15.7. The largest absolute Gasteiger partial charge is 0.492 e. The van der Waals surface area contributed by atoms with Crippen molar-refractivity contribution in [3.63, 3.8) is 0 Å². The maximum Gasteiger partial charge on any atom is 0.492 e. The van der Waals surface area contributed by atoms with Gasteiger partial charge in [0.15, 0.2) is 0 Å². The molecule has 7 nitrogen and oxygen atoms in total. The van der Waals surface area contributed by atoms with E-state index in [1.165, 1.54) is 12.3 Å². The first-order valence-corrected chi connectivity index (χ1v) is 7.21. The summed E-state index contributed by atoms with van der Waals surface area (Å²) in [7, 11) is -1.20. The van der Waals surface area contributed by atoms with Crippen LogP contribution in [0, 0.1) is 18.3 Å². The molecule has 0 radical (unpaired) electrons. The molecule has 1 unspecified atom stereocenters. The highest BCUT2D eigenvalue weighted by Gasteiger charge is 2.37. The number of fused-ring (bicyclic) bond motifs is 1. The van der Waals surface area contributed by atoms with Crippen LogP contribution in [0.2, 0.25) is 0 Å². The molecule has 1 aromatic heterocycles. The summed E-state index contributed by atoms with van der Waals surface area (Å²) in [6.45, 7) is 1.79. The number of carbonyl (C=O) groups is 1. The molecular formula is C16H13BN2O5. The van der Waals surface area contributed by atoms with Crippen molar-refractivity contribution in [2.45, 2.75) is 19.4 Å². The Hall–Kier alpha value is -2.89. The Morgan fingerprint density at radius 1 is 1.50 bits per heavy atom. The van der Waals surface area contributed by atoms with E-state index in [1.54, 1.807) is 25.1 Å². The number of hydrogen-bond donors (Lipinski definition) is 2. The van der Waals surface area contributed by atoms with Crippen LogP contribution >= 0.6 is 0 Å². The van der Waals surface area contributed by atoms with Gasteiger partial charge in [-0.1, -0.05) is 0 Å². The van der Waals surface area contributed by atoms with Crippen molar-refractivity contribution in [3.05, 3.63) is 47.2 Å². The third-order valence-corrected chi connectivity index (χ3v) is 3.72. The number of rotatable bonds is 4. The first kappa shape index (κ1) is 16.0. The van der Waals surface area contributed by atoms with E-state index >= 15 is 0 Å². The van der Waals surface area contributed by atoms with Crippen molar-refractivity contribution in [1.29, 1.82) is 5.26 Å². The van der Waals surface area contributed by atoms with Gasteiger partial charge in [0.25, 0.3) is 0 Å². The molecule has 120 valence electrons. The second-order valence-corrected chi connectivity index (χ2v) is 5.41. The van der Waals surface area contributed by atoms with Crippen molar-refractivity contribution in [2.24, 2.45) is 0 Å². The molecule has 24 heavy (non-hydrogen) atoms. The number of aryl methyl sites for hydroxylation is 1. The van der Waals surface area contributed by atoms with Crippen molar-refractivity contribution >= 4 is 18.6 Å². The molecule has 0 aliphatic carbocycles. The van der Waals surface area contributed by atoms with E-state index in [2.05, 4.69) is 4.98 Å². The van der Waals surface area contributed by atoms with E-state index in [4.69, 9.17) is 19.8 Å². The molecule has 2 N–H and O–H groups in total. The molecule has 1 aliphatic rings. The zero-order chi connectivity index (χ0) is 17.3. The van der Waals surface area contributed by atoms with Crippen molar-refractivity contribution in [1.82, 2.24) is 4.98 Å². The van der Waals surface area contributed by atoms with Crippen LogP contribution in [0.15, 0.2) is 30.5 Å². The van der Waals surface area contributed by atoms with Crippen LogP contribution < -0.4 is 10.2 Å². The molecule has 0 saturated carbocycles. The number of aliphatic carboxylic acids is 1. The zero-order valence-electron chi connectivity index (χ0n) is 12.8. The summed E-state index contributed by atoms with van der Waals surface area (Å²) in [5, 5.41) is 27.9. The molecular weight excluding hydrogens is 311 g/mol. The summed E-state index contributed by atoms with van der Waals surface area (Å²) in [6.07, 6.45) is 0.549. The van der Waals surface area contributed by atoms with Crippen LogP contribution in [-0.4, -0.2) is 28.2 Å². The molecule has 1 aliphatic heterocycles. The molecule has 0 bridgehead atoms. The number of ether oxygens (including phenoxy) is 1. The molecule has 0 fully saturated rings. The average Bonchev–Trinajstić information content (AvgIpc) is 2.83. The van der Waals surface area contributed by atoms with Crippen LogP contribution in [-0.2, 0) is 9.45 Å². The van der Waals surface area contributed by atoms with Crippen LogP contribution in [0.1, 0.15) is 29.2 Å². The lowest BCUT2D eigenvalue weighted by molar-refractivity contribution is -0.138. The highest BCUT2D eigenvalue weighted by atomic mass is 16.5. The van der Waals surface area contributed by atoms with Gasteiger partial charge in [-0.15, -0.1) is 0 Å². The summed E-state index contributed by atoms with van der Waals surface area (Å²) in [4.78, 5) is 15.0. The first-order valence-electron chi connectivity index (χ1n) is 7.21. The van der Waals surface area contributed by atoms with E-state index in [0.717, 1.165) is 5.56 Å². The van der Waals surface area contributed by atoms with Crippen molar-refractivity contribution in [3.8, 4) is 17.7 Å². The molecule has 0 spiro atoms. The average molecular weight is 324 g/mol. The Balaban J connectivity index is 1.93. The monoisotopic (exact) mass is 324 g/mol. The quantitative estimate of drug-likeness (QED) is 0.815. The summed E-state index contributed by atoms with van der Waals surface area (Å²) >= 11 is 0. The third kappa shape index (κ3) is 3.08. The summed E-state index contributed by atoms with van der Waals surface area (Å²) in [6, 6.07) is 8.38. The lowest BCUT2D eigenvalue weighted by Crippen LogP contribution is -2.28. The number of nitriles is 1. The predicted octanol–water partition coefficient (Wildman–Crippen LogP) is 1.29. The maximum atomic E-state index is 10.9. The standard InChI is InChI=1S/C16H13BN2O5/c1-9-4-11(23-14-5-10(8-18)2-3-19-14)6-12-16(9)13(7-15(20)21)24-17(12)22/h2-6,13,22H,7H2,1H3,(H,20,21). The number of pyridine rings is 1. The van der Waals surface area contributed by atoms with Gasteiger partial charge in [0.05, 0.1) is 24.2 Å². The van der Waals surface area contributed by atoms with Crippen LogP contribution in [0.4, 0.5) is 0 Å². The van der Waals surface area contributed by atoms with Gasteiger partial charge in [-0.05, 0) is 41.7 Å². The number of carboxylic acids is 1. The van der Waals surface area contributed by atoms with Gasteiger partial charge in [0.1, 0.15) is 5.75 Å². The predicted molar refractivity (Wildman–Crippen MR) is 83.9 cm³/mol. The minimum atomic E-state index is -1.20. The highest BCUT2D eigenvalue weighted by molar-refractivity contribution is 6.62. The van der Waals surface area contributed by atoms with Crippen LogP contribution in [0.25, 0.3) is 0 Å². The van der Waals surface area contributed by atoms with Crippen molar-refractivity contribution < 1.29 is 24.3 Å². The number of aromatic nitrogens is 1. The molecule has 3 rings (SSSR count). The number of nitrogens with zero attached hydrogens (tertiary/aromatic N) is 2. The molecule has 1 atom stereocenters. The topological polar surface area (TPSA) is 113 Å². The van der Waals surface area contributed by atoms with E-state index in [9.17, 15) is 9.82 Å². The summed E-state index contributed by atoms with van der Waals surface area (Å²) in [5.74, 6) is -0.325. The van der Waals surface area contributed by atoms with E-state index < -0.39 is 19.2 Å². The van der Waals surface area contributed by atoms with E-state index in [1.807, 2.05) is 6.07 Å². The van der Waals surface area contributed by atoms with Gasteiger partial charge >= 0.3 is 13.1 Å². The van der Waals surface area contributed by atoms with Gasteiger partial charge in [-0.2, -0.15) is 5.26 Å². The maximum absolute atomic E-state index is 10.9. The Bertz CT molecular complexity index is 849. The minimum Gasteiger partial charge on any atom is -0.481 e. The molecule has 0 amide bonds. The Morgan fingerprint density at radius 3 is 3.00 bits per heavy atom. The van der Waals surface area contributed by atoms with Crippen molar-refractivity contribution in [2.75, 3.05) is 0 Å². The zero-order valence-corrected chi connectivity index (χ0v) is 12.8. The van der Waals surface area contributed by atoms with Crippen LogP contribution in [0.3, 0.4) is 0 Å². The first-order chi connectivity index (χ1) is 11.5. The number of hydrogen-bond acceptors (Lipinski definition) is 6. The molecule has 0 saturated heterocycles. The fourth-order valence-electron chi connectivity index (χ4n) is 2.76. The summed E-state index contributed by atoms with van der Waals surface area (Å²) in [5.41, 5.74) is 2.31. The third-order valence-electron chi connectivity index (χ3n) is 3.72. The lowest BCUT2D eigenvalue weighted by Gasteiger charge is -2.13. The number of carboxylic acid groups (broad SMARTS) is 1. The molecule has 8 heteroatoms. The second-order valence-electron chi connectivity index (χ2n) is 5.41. The van der Waals surface area contributed by atoms with Gasteiger partial charge < -0.3 is 19.5 Å². The van der Waals surface area contributed by atoms with Gasteiger partial charge in [-0.25, -0.2) is 4.98 Å². The molecule has 1 aromatic carbocycles. The van der Waals surface area contributed by atoms with Gasteiger partial charge in [0.2, 0.25) is 5.88 Å². The van der Waals surface area contributed by atoms with E-state index in [-0.39, 0.29) is 12.3 Å². The Morgan fingerprint density at radius 2 is 2.29 bits per heavy atom. The van der Waals surface area contributed by atoms with E-state index in [0.29, 0.717) is 22.3 Å². The second kappa shape index (κ2) is 6.32. The fourth-order valence-corrected chi connectivity index (χ4v) is 2.76. The number of benzene rings is 1. The summed E-state index contributed by atoms with van der Waals surface area (Å²) < 4.78 is 11.0. The SMILES string of the molecule is Cc1cc(Oc2cc(C#N)ccn2)cc2c1C(CC(=O)O)OB2O. The lowest BCUT2D eigenvalue weighted by atomic mass is 9.77. The van der Waals surface area contributed by atoms with Gasteiger partial charge in [-0.3, -0.25) is 4.79 Å². The fraction of sp³-hybridized carbons (Fsp3) is 0.188. The smallest absolute Gasteiger partial charge is 0.481 e. The van der Waals surface area contributed by atoms with Gasteiger partial charge in [0, 0.05) is 12.3 Å². The van der Waals surface area contributed by atoms with Crippen LogP contribution in [0.5, 0.6) is 11.6 Å². The molecule has 2 aromatic rings. The molecule has 2 heterocycles. The minimum absolute atomic E-state index is 0.225.